The van der Waals surface area contributed by atoms with Gasteiger partial charge in [0.1, 0.15) is 0 Å². The minimum absolute atomic E-state index is 0.305. The van der Waals surface area contributed by atoms with Crippen LogP contribution in [-0.4, -0.2) is 18.6 Å². The predicted octanol–water partition coefficient (Wildman–Crippen LogP) is 1.08. The van der Waals surface area contributed by atoms with Crippen molar-refractivity contribution in [2.75, 3.05) is 6.26 Å². The van der Waals surface area contributed by atoms with Crippen molar-refractivity contribution >= 4 is 26.0 Å². The van der Waals surface area contributed by atoms with Gasteiger partial charge in [0, 0.05) is 6.04 Å². The van der Waals surface area contributed by atoms with Gasteiger partial charge in [0.05, 0.1) is 16.6 Å². The van der Waals surface area contributed by atoms with Crippen LogP contribution in [0.25, 0.3) is 0 Å². The molecule has 6 heteroatoms. The monoisotopic (exact) mass is 266 g/mol. The van der Waals surface area contributed by atoms with Crippen LogP contribution in [0.1, 0.15) is 18.7 Å². The molecule has 1 unspecified atom stereocenters. The molecular weight excluding hydrogens is 256 g/mol. The molecule has 0 spiro atoms. The average molecular weight is 267 g/mol. The number of nitrogens with zero attached hydrogens (tertiary/aromatic N) is 1. The lowest BCUT2D eigenvalue weighted by Gasteiger charge is -2.10. The fourth-order valence-corrected chi connectivity index (χ4v) is 3.21. The third-order valence-corrected chi connectivity index (χ3v) is 3.54. The number of rotatable bonds is 2. The first kappa shape index (κ1) is 10.7. The fourth-order valence-electron chi connectivity index (χ4n) is 1.10. The number of hydrogen-bond acceptors (Lipinski definition) is 3. The largest absolute Gasteiger partial charge is 0.323 e. The van der Waals surface area contributed by atoms with Gasteiger partial charge in [0.25, 0.3) is 0 Å². The molecule has 1 rings (SSSR count). The second-order valence-corrected chi connectivity index (χ2v) is 5.54. The van der Waals surface area contributed by atoms with E-state index in [1.54, 1.807) is 19.1 Å². The van der Waals surface area contributed by atoms with Crippen molar-refractivity contribution in [1.82, 2.24) is 3.97 Å². The Morgan fingerprint density at radius 2 is 2.08 bits per heavy atom. The van der Waals surface area contributed by atoms with Crippen LogP contribution in [0, 0.1) is 0 Å². The SMILES string of the molecule is CC(N)c1ccc(Br)n1S(C)(=O)=O. The molecule has 74 valence electrons. The lowest BCUT2D eigenvalue weighted by Crippen LogP contribution is -2.18. The number of nitrogens with two attached hydrogens (primary N) is 1. The van der Waals surface area contributed by atoms with E-state index in [0.29, 0.717) is 10.3 Å². The van der Waals surface area contributed by atoms with Crippen molar-refractivity contribution in [1.29, 1.82) is 0 Å². The Morgan fingerprint density at radius 3 is 2.38 bits per heavy atom. The Balaban J connectivity index is 3.42. The topological polar surface area (TPSA) is 65.1 Å². The number of hydrogen-bond donors (Lipinski definition) is 1. The van der Waals surface area contributed by atoms with Crippen molar-refractivity contribution in [2.24, 2.45) is 5.73 Å². The maximum Gasteiger partial charge on any atom is 0.236 e. The highest BCUT2D eigenvalue weighted by Crippen LogP contribution is 2.21. The molecule has 1 atom stereocenters. The lowest BCUT2D eigenvalue weighted by atomic mass is 10.3. The van der Waals surface area contributed by atoms with Gasteiger partial charge in [0.2, 0.25) is 10.0 Å². The molecule has 0 aliphatic heterocycles. The fraction of sp³-hybridized carbons (Fsp3) is 0.429. The van der Waals surface area contributed by atoms with Crippen LogP contribution in [0.2, 0.25) is 0 Å². The quantitative estimate of drug-likeness (QED) is 0.871. The Kier molecular flexibility index (Phi) is 2.84. The van der Waals surface area contributed by atoms with Gasteiger partial charge >= 0.3 is 0 Å². The minimum Gasteiger partial charge on any atom is -0.323 e. The normalized spacial score (nSPS) is 14.5. The van der Waals surface area contributed by atoms with Gasteiger partial charge in [-0.2, -0.15) is 0 Å². The summed E-state index contributed by atoms with van der Waals surface area (Å²) >= 11 is 3.15. The highest BCUT2D eigenvalue weighted by molar-refractivity contribution is 9.10. The van der Waals surface area contributed by atoms with Crippen molar-refractivity contribution in [3.8, 4) is 0 Å². The highest BCUT2D eigenvalue weighted by Gasteiger charge is 2.16. The molecule has 0 aliphatic rings. The van der Waals surface area contributed by atoms with Crippen molar-refractivity contribution in [3.05, 3.63) is 22.4 Å². The van der Waals surface area contributed by atoms with Crippen LogP contribution in [0.15, 0.2) is 16.7 Å². The molecule has 2 N–H and O–H groups in total. The highest BCUT2D eigenvalue weighted by atomic mass is 79.9. The summed E-state index contributed by atoms with van der Waals surface area (Å²) in [6.07, 6.45) is 1.14. The van der Waals surface area contributed by atoms with Crippen LogP contribution in [0.4, 0.5) is 0 Å². The summed E-state index contributed by atoms with van der Waals surface area (Å²) in [5, 5.41) is 0. The Hall–Kier alpha value is -0.330. The van der Waals surface area contributed by atoms with Crippen molar-refractivity contribution in [2.45, 2.75) is 13.0 Å². The summed E-state index contributed by atoms with van der Waals surface area (Å²) in [7, 11) is -3.28. The zero-order valence-corrected chi connectivity index (χ0v) is 9.76. The van der Waals surface area contributed by atoms with Gasteiger partial charge in [-0.1, -0.05) is 0 Å². The third kappa shape index (κ3) is 2.12. The predicted molar refractivity (Wildman–Crippen MR) is 55.0 cm³/mol. The van der Waals surface area contributed by atoms with Gasteiger partial charge in [0.15, 0.2) is 0 Å². The Bertz CT molecular complexity index is 408. The maximum atomic E-state index is 11.3. The second-order valence-electron chi connectivity index (χ2n) is 2.90. The summed E-state index contributed by atoms with van der Waals surface area (Å²) in [5.41, 5.74) is 6.20. The summed E-state index contributed by atoms with van der Waals surface area (Å²) < 4.78 is 24.3. The van der Waals surface area contributed by atoms with E-state index >= 15 is 0 Å². The molecule has 13 heavy (non-hydrogen) atoms. The molecule has 0 aliphatic carbocycles. The van der Waals surface area contributed by atoms with E-state index in [2.05, 4.69) is 15.9 Å². The molecule has 0 bridgehead atoms. The van der Waals surface area contributed by atoms with E-state index in [1.165, 1.54) is 3.97 Å². The van der Waals surface area contributed by atoms with Gasteiger partial charge in [-0.15, -0.1) is 0 Å². The van der Waals surface area contributed by atoms with Gasteiger partial charge < -0.3 is 5.73 Å². The Morgan fingerprint density at radius 1 is 1.54 bits per heavy atom. The standard InChI is InChI=1S/C7H11BrN2O2S/c1-5(9)6-3-4-7(8)10(6)13(2,11)12/h3-5H,9H2,1-2H3. The van der Waals surface area contributed by atoms with E-state index in [1.807, 2.05) is 0 Å². The molecule has 0 amide bonds. The lowest BCUT2D eigenvalue weighted by molar-refractivity contribution is 0.587. The molecular formula is C7H11BrN2O2S. The number of halogens is 1. The first-order valence-corrected chi connectivity index (χ1v) is 6.31. The van der Waals surface area contributed by atoms with E-state index < -0.39 is 10.0 Å². The average Bonchev–Trinajstić information content (AvgIpc) is 2.28. The molecule has 4 nitrogen and oxygen atoms in total. The van der Waals surface area contributed by atoms with Crippen LogP contribution < -0.4 is 5.73 Å². The van der Waals surface area contributed by atoms with Crippen LogP contribution in [0.5, 0.6) is 0 Å². The van der Waals surface area contributed by atoms with Gasteiger partial charge in [-0.3, -0.25) is 0 Å². The van der Waals surface area contributed by atoms with Crippen molar-refractivity contribution < 1.29 is 8.42 Å². The van der Waals surface area contributed by atoms with Gasteiger partial charge in [-0.05, 0) is 35.0 Å². The molecule has 1 aromatic rings. The zero-order chi connectivity index (χ0) is 10.2. The second kappa shape index (κ2) is 3.43. The molecule has 0 radical (unpaired) electrons. The van der Waals surface area contributed by atoms with Crippen molar-refractivity contribution in [3.63, 3.8) is 0 Å². The molecule has 0 saturated heterocycles. The van der Waals surface area contributed by atoms with E-state index in [0.717, 1.165) is 6.26 Å². The summed E-state index contributed by atoms with van der Waals surface area (Å²) in [6.45, 7) is 1.74. The molecule has 1 aromatic heterocycles. The number of aromatic nitrogens is 1. The molecule has 0 saturated carbocycles. The Labute approximate surface area is 85.9 Å². The van der Waals surface area contributed by atoms with E-state index in [4.69, 9.17) is 5.73 Å². The zero-order valence-electron chi connectivity index (χ0n) is 7.36. The van der Waals surface area contributed by atoms with E-state index in [-0.39, 0.29) is 6.04 Å². The summed E-state index contributed by atoms with van der Waals surface area (Å²) in [6, 6.07) is 3.05. The first-order valence-electron chi connectivity index (χ1n) is 3.67. The van der Waals surface area contributed by atoms with Gasteiger partial charge in [-0.25, -0.2) is 12.4 Å². The van der Waals surface area contributed by atoms with Crippen LogP contribution >= 0.6 is 15.9 Å². The summed E-state index contributed by atoms with van der Waals surface area (Å²) in [5.74, 6) is 0. The summed E-state index contributed by atoms with van der Waals surface area (Å²) in [4.78, 5) is 0. The third-order valence-electron chi connectivity index (χ3n) is 1.62. The minimum atomic E-state index is -3.28. The first-order chi connectivity index (χ1) is 5.84. The molecule has 1 heterocycles. The smallest absolute Gasteiger partial charge is 0.236 e. The molecule has 0 aromatic carbocycles. The maximum absolute atomic E-state index is 11.3. The van der Waals surface area contributed by atoms with Crippen LogP contribution in [-0.2, 0) is 10.0 Å². The molecule has 0 fully saturated rings. The van der Waals surface area contributed by atoms with E-state index in [9.17, 15) is 8.42 Å². The van der Waals surface area contributed by atoms with Crippen LogP contribution in [0.3, 0.4) is 0 Å².